The molecule has 0 heterocycles. The normalized spacial score (nSPS) is 11.8. The second-order valence-electron chi connectivity index (χ2n) is 5.67. The van der Waals surface area contributed by atoms with Crippen LogP contribution in [0, 0.1) is 0 Å². The van der Waals surface area contributed by atoms with Crippen molar-refractivity contribution in [2.75, 3.05) is 14.1 Å². The SMILES string of the molecule is CN(C)C(=S)SC(CCc1ccccc1-c1ccccc1)C(=O)O. The second kappa shape index (κ2) is 8.85. The summed E-state index contributed by atoms with van der Waals surface area (Å²) in [5.74, 6) is -0.818. The van der Waals surface area contributed by atoms with Crippen LogP contribution in [-0.4, -0.2) is 39.6 Å². The summed E-state index contributed by atoms with van der Waals surface area (Å²) in [6.07, 6.45) is 1.24. The number of rotatable bonds is 6. The van der Waals surface area contributed by atoms with E-state index in [2.05, 4.69) is 24.3 Å². The van der Waals surface area contributed by atoms with E-state index in [1.807, 2.05) is 44.4 Å². The van der Waals surface area contributed by atoms with Crippen LogP contribution in [0.4, 0.5) is 0 Å². The molecule has 0 aromatic heterocycles. The van der Waals surface area contributed by atoms with E-state index in [0.717, 1.165) is 16.7 Å². The first-order valence-corrected chi connectivity index (χ1v) is 9.02. The molecular formula is C19H21NO2S2. The Morgan fingerprint density at radius 1 is 1.12 bits per heavy atom. The molecule has 0 spiro atoms. The lowest BCUT2D eigenvalue weighted by molar-refractivity contribution is -0.136. The number of aryl methyl sites for hydroxylation is 1. The van der Waals surface area contributed by atoms with Crippen LogP contribution >= 0.6 is 24.0 Å². The Bertz CT molecular complexity index is 702. The van der Waals surface area contributed by atoms with Gasteiger partial charge in [-0.3, -0.25) is 4.79 Å². The minimum absolute atomic E-state index is 0.538. The highest BCUT2D eigenvalue weighted by Gasteiger charge is 2.21. The standard InChI is InChI=1S/C19H21NO2S2/c1-20(2)19(23)24-17(18(21)22)13-12-15-10-6-7-11-16(15)14-8-4-3-5-9-14/h3-11,17H,12-13H2,1-2H3,(H,21,22). The Balaban J connectivity index is 2.13. The molecule has 0 amide bonds. The third-order valence-corrected chi connectivity index (χ3v) is 5.60. The van der Waals surface area contributed by atoms with E-state index >= 15 is 0 Å². The molecule has 0 aliphatic carbocycles. The van der Waals surface area contributed by atoms with Gasteiger partial charge in [0.05, 0.1) is 0 Å². The summed E-state index contributed by atoms with van der Waals surface area (Å²) in [7, 11) is 3.66. The highest BCUT2D eigenvalue weighted by atomic mass is 32.2. The van der Waals surface area contributed by atoms with Gasteiger partial charge in [-0.1, -0.05) is 78.6 Å². The van der Waals surface area contributed by atoms with E-state index in [4.69, 9.17) is 12.2 Å². The molecule has 1 N–H and O–H groups in total. The Labute approximate surface area is 152 Å². The topological polar surface area (TPSA) is 40.5 Å². The summed E-state index contributed by atoms with van der Waals surface area (Å²) in [6.45, 7) is 0. The van der Waals surface area contributed by atoms with Crippen molar-refractivity contribution in [1.82, 2.24) is 4.90 Å². The number of nitrogens with zero attached hydrogens (tertiary/aromatic N) is 1. The van der Waals surface area contributed by atoms with E-state index in [1.165, 1.54) is 11.8 Å². The third-order valence-electron chi connectivity index (χ3n) is 3.66. The Kier molecular flexibility index (Phi) is 6.82. The summed E-state index contributed by atoms with van der Waals surface area (Å²) in [5, 5.41) is 8.93. The maximum Gasteiger partial charge on any atom is 0.317 e. The maximum atomic E-state index is 11.5. The fourth-order valence-electron chi connectivity index (χ4n) is 2.38. The predicted molar refractivity (Wildman–Crippen MR) is 105 cm³/mol. The van der Waals surface area contributed by atoms with Gasteiger partial charge in [-0.05, 0) is 29.5 Å². The summed E-state index contributed by atoms with van der Waals surface area (Å²) in [6, 6.07) is 18.3. The first-order chi connectivity index (χ1) is 11.5. The van der Waals surface area contributed by atoms with Crippen LogP contribution in [0.2, 0.25) is 0 Å². The zero-order valence-corrected chi connectivity index (χ0v) is 15.4. The van der Waals surface area contributed by atoms with Crippen molar-refractivity contribution in [2.45, 2.75) is 18.1 Å². The molecular weight excluding hydrogens is 338 g/mol. The molecule has 126 valence electrons. The molecule has 1 atom stereocenters. The molecule has 0 radical (unpaired) electrons. The molecule has 3 nitrogen and oxygen atoms in total. The molecule has 2 aromatic carbocycles. The van der Waals surface area contributed by atoms with Gasteiger partial charge in [0.15, 0.2) is 0 Å². The Morgan fingerprint density at radius 3 is 2.38 bits per heavy atom. The summed E-state index contributed by atoms with van der Waals surface area (Å²) >= 11 is 6.47. The third kappa shape index (κ3) is 5.08. The Morgan fingerprint density at radius 2 is 1.75 bits per heavy atom. The van der Waals surface area contributed by atoms with Crippen molar-refractivity contribution in [1.29, 1.82) is 0 Å². The number of thioether (sulfide) groups is 1. The van der Waals surface area contributed by atoms with Gasteiger partial charge in [0.2, 0.25) is 0 Å². The van der Waals surface area contributed by atoms with Crippen LogP contribution < -0.4 is 0 Å². The van der Waals surface area contributed by atoms with Gasteiger partial charge in [-0.15, -0.1) is 0 Å². The van der Waals surface area contributed by atoms with Gasteiger partial charge in [-0.2, -0.15) is 0 Å². The van der Waals surface area contributed by atoms with E-state index in [0.29, 0.717) is 17.2 Å². The smallest absolute Gasteiger partial charge is 0.317 e. The second-order valence-corrected chi connectivity index (χ2v) is 7.50. The largest absolute Gasteiger partial charge is 0.480 e. The number of carbonyl (C=O) groups is 1. The van der Waals surface area contributed by atoms with Crippen LogP contribution in [0.5, 0.6) is 0 Å². The van der Waals surface area contributed by atoms with E-state index in [1.54, 1.807) is 4.90 Å². The van der Waals surface area contributed by atoms with Crippen LogP contribution in [0.15, 0.2) is 54.6 Å². The minimum atomic E-state index is -0.818. The minimum Gasteiger partial charge on any atom is -0.480 e. The summed E-state index contributed by atoms with van der Waals surface area (Å²) < 4.78 is 0.596. The van der Waals surface area contributed by atoms with Gasteiger partial charge >= 0.3 is 5.97 Å². The molecule has 1 unspecified atom stereocenters. The van der Waals surface area contributed by atoms with Crippen molar-refractivity contribution in [3.8, 4) is 11.1 Å². The van der Waals surface area contributed by atoms with Gasteiger partial charge in [-0.25, -0.2) is 0 Å². The van der Waals surface area contributed by atoms with Crippen LogP contribution in [0.3, 0.4) is 0 Å². The average molecular weight is 360 g/mol. The fraction of sp³-hybridized carbons (Fsp3) is 0.263. The molecule has 0 saturated heterocycles. The number of carboxylic acids is 1. The summed E-state index contributed by atoms with van der Waals surface area (Å²) in [5.41, 5.74) is 3.46. The number of benzene rings is 2. The van der Waals surface area contributed by atoms with Crippen molar-refractivity contribution in [3.05, 3.63) is 60.2 Å². The lowest BCUT2D eigenvalue weighted by atomic mass is 9.96. The molecule has 2 aromatic rings. The molecule has 0 aliphatic rings. The van der Waals surface area contributed by atoms with Crippen molar-refractivity contribution >= 4 is 34.3 Å². The molecule has 5 heteroatoms. The number of carboxylic acid groups (broad SMARTS) is 1. The maximum absolute atomic E-state index is 11.5. The molecule has 0 aliphatic heterocycles. The lowest BCUT2D eigenvalue weighted by Crippen LogP contribution is -2.24. The van der Waals surface area contributed by atoms with Crippen LogP contribution in [-0.2, 0) is 11.2 Å². The predicted octanol–water partition coefficient (Wildman–Crippen LogP) is 4.32. The molecule has 0 saturated carbocycles. The van der Waals surface area contributed by atoms with Crippen LogP contribution in [0.25, 0.3) is 11.1 Å². The highest BCUT2D eigenvalue weighted by molar-refractivity contribution is 8.23. The number of thiocarbonyl (C=S) groups is 1. The average Bonchev–Trinajstić information content (AvgIpc) is 2.59. The van der Waals surface area contributed by atoms with E-state index < -0.39 is 11.2 Å². The van der Waals surface area contributed by atoms with Gasteiger partial charge in [0, 0.05) is 14.1 Å². The number of hydrogen-bond donors (Lipinski definition) is 1. The van der Waals surface area contributed by atoms with Gasteiger partial charge < -0.3 is 10.0 Å². The number of hydrogen-bond acceptors (Lipinski definition) is 3. The lowest BCUT2D eigenvalue weighted by Gasteiger charge is -2.18. The van der Waals surface area contributed by atoms with Crippen molar-refractivity contribution in [2.24, 2.45) is 0 Å². The number of aliphatic carboxylic acids is 1. The molecule has 2 rings (SSSR count). The van der Waals surface area contributed by atoms with Crippen molar-refractivity contribution in [3.63, 3.8) is 0 Å². The molecule has 0 bridgehead atoms. The molecule has 24 heavy (non-hydrogen) atoms. The van der Waals surface area contributed by atoms with Gasteiger partial charge in [0.25, 0.3) is 0 Å². The molecule has 0 fully saturated rings. The fourth-order valence-corrected chi connectivity index (χ4v) is 3.52. The van der Waals surface area contributed by atoms with Crippen LogP contribution in [0.1, 0.15) is 12.0 Å². The van der Waals surface area contributed by atoms with E-state index in [9.17, 15) is 9.90 Å². The van der Waals surface area contributed by atoms with Gasteiger partial charge in [0.1, 0.15) is 9.57 Å². The van der Waals surface area contributed by atoms with Crippen molar-refractivity contribution < 1.29 is 9.90 Å². The quantitative estimate of drug-likeness (QED) is 0.778. The van der Waals surface area contributed by atoms with E-state index in [-0.39, 0.29) is 0 Å². The summed E-state index contributed by atoms with van der Waals surface area (Å²) in [4.78, 5) is 13.3. The monoisotopic (exact) mass is 359 g/mol. The first-order valence-electron chi connectivity index (χ1n) is 7.73. The zero-order valence-electron chi connectivity index (χ0n) is 13.8. The Hall–Kier alpha value is -1.85. The zero-order chi connectivity index (χ0) is 17.5. The highest BCUT2D eigenvalue weighted by Crippen LogP contribution is 2.27. The first kappa shape index (κ1) is 18.5.